The van der Waals surface area contributed by atoms with Crippen LogP contribution in [0.15, 0.2) is 21.0 Å². The molecule has 5 nitrogen and oxygen atoms in total. The van der Waals surface area contributed by atoms with Gasteiger partial charge in [-0.2, -0.15) is 8.42 Å². The molecule has 0 atom stereocenters. The fourth-order valence-corrected chi connectivity index (χ4v) is 5.47. The molecule has 0 fully saturated rings. The van der Waals surface area contributed by atoms with Gasteiger partial charge >= 0.3 is 0 Å². The number of fused-ring (bicyclic) bond motifs is 1. The molecule has 0 aromatic heterocycles. The number of amides is 1. The lowest BCUT2D eigenvalue weighted by Crippen LogP contribution is -2.29. The highest BCUT2D eigenvalue weighted by molar-refractivity contribution is 8.79. The monoisotopic (exact) mass is 264 g/mol. The summed E-state index contributed by atoms with van der Waals surface area (Å²) >= 11 is 0. The number of hydrogen-bond acceptors (Lipinski definition) is 5. The SMILES string of the molecule is CC(=O)NC1=C2SSC=C2N(C)S1(=O)=O. The third kappa shape index (κ3) is 1.56. The second-order valence-corrected chi connectivity index (χ2v) is 6.98. The molecule has 8 heteroatoms. The van der Waals surface area contributed by atoms with E-state index >= 15 is 0 Å². The van der Waals surface area contributed by atoms with Gasteiger partial charge in [0.2, 0.25) is 5.91 Å². The number of rotatable bonds is 1. The maximum absolute atomic E-state index is 11.8. The van der Waals surface area contributed by atoms with Crippen LogP contribution in [0.2, 0.25) is 0 Å². The zero-order valence-corrected chi connectivity index (χ0v) is 10.4. The first-order valence-electron chi connectivity index (χ1n) is 3.99. The average molecular weight is 264 g/mol. The number of carbonyl (C=O) groups is 1. The van der Waals surface area contributed by atoms with Crippen LogP contribution in [0.25, 0.3) is 0 Å². The molecule has 0 unspecified atom stereocenters. The van der Waals surface area contributed by atoms with Crippen molar-refractivity contribution in [2.24, 2.45) is 0 Å². The van der Waals surface area contributed by atoms with Gasteiger partial charge in [0, 0.05) is 19.4 Å². The molecule has 2 rings (SSSR count). The standard InChI is InChI=1S/C7H8N2O3S3/c1-4(10)8-7-6-5(3-13-14-6)9(2)15(7,11)12/h3H,1-2H3,(H,8,10). The van der Waals surface area contributed by atoms with E-state index in [9.17, 15) is 13.2 Å². The first kappa shape index (κ1) is 10.9. The fourth-order valence-electron chi connectivity index (χ4n) is 1.25. The molecule has 1 amide bonds. The molecule has 2 heterocycles. The molecule has 82 valence electrons. The van der Waals surface area contributed by atoms with E-state index in [1.54, 1.807) is 5.41 Å². The first-order chi connectivity index (χ1) is 6.94. The van der Waals surface area contributed by atoms with Gasteiger partial charge in [0.25, 0.3) is 10.0 Å². The van der Waals surface area contributed by atoms with Crippen molar-refractivity contribution in [3.8, 4) is 0 Å². The highest BCUT2D eigenvalue weighted by Crippen LogP contribution is 2.51. The van der Waals surface area contributed by atoms with Crippen molar-refractivity contribution < 1.29 is 13.2 Å². The normalized spacial score (nSPS) is 22.8. The lowest BCUT2D eigenvalue weighted by atomic mass is 10.4. The molecule has 0 saturated heterocycles. The summed E-state index contributed by atoms with van der Waals surface area (Å²) in [5.41, 5.74) is 0.633. The summed E-state index contributed by atoms with van der Waals surface area (Å²) in [7, 11) is 0.711. The number of likely N-dealkylation sites (N-methyl/N-ethyl adjacent to an activating group) is 1. The van der Waals surface area contributed by atoms with E-state index in [4.69, 9.17) is 0 Å². The highest BCUT2D eigenvalue weighted by Gasteiger charge is 2.41. The number of nitrogens with zero attached hydrogens (tertiary/aromatic N) is 1. The summed E-state index contributed by atoms with van der Waals surface area (Å²) < 4.78 is 24.8. The number of carbonyl (C=O) groups excluding carboxylic acids is 1. The van der Waals surface area contributed by atoms with Gasteiger partial charge in [-0.25, -0.2) is 0 Å². The predicted octanol–water partition coefficient (Wildman–Crippen LogP) is 0.803. The van der Waals surface area contributed by atoms with E-state index in [-0.39, 0.29) is 10.9 Å². The minimum absolute atomic E-state index is 0.00116. The molecule has 1 N–H and O–H groups in total. The van der Waals surface area contributed by atoms with Crippen molar-refractivity contribution in [3.05, 3.63) is 21.0 Å². The van der Waals surface area contributed by atoms with E-state index in [0.717, 1.165) is 0 Å². The predicted molar refractivity (Wildman–Crippen MR) is 60.8 cm³/mol. The maximum Gasteiger partial charge on any atom is 0.280 e. The van der Waals surface area contributed by atoms with E-state index in [0.29, 0.717) is 10.6 Å². The summed E-state index contributed by atoms with van der Waals surface area (Å²) in [5, 5.41) is 4.13. The maximum atomic E-state index is 11.8. The van der Waals surface area contributed by atoms with E-state index in [1.807, 2.05) is 0 Å². The summed E-state index contributed by atoms with van der Waals surface area (Å²) in [4.78, 5) is 11.5. The molecular formula is C7H8N2O3S3. The van der Waals surface area contributed by atoms with Crippen molar-refractivity contribution >= 4 is 37.5 Å². The quantitative estimate of drug-likeness (QED) is 0.710. The van der Waals surface area contributed by atoms with Crippen LogP contribution in [0.1, 0.15) is 6.92 Å². The molecular weight excluding hydrogens is 256 g/mol. The summed E-state index contributed by atoms with van der Waals surface area (Å²) in [6.45, 7) is 1.29. The summed E-state index contributed by atoms with van der Waals surface area (Å²) in [6.07, 6.45) is 0. The zero-order chi connectivity index (χ0) is 11.2. The molecule has 0 aliphatic carbocycles. The smallest absolute Gasteiger partial charge is 0.280 e. The molecule has 0 aromatic rings. The van der Waals surface area contributed by atoms with E-state index in [2.05, 4.69) is 5.32 Å². The minimum atomic E-state index is -3.54. The average Bonchev–Trinajstić information content (AvgIpc) is 2.65. The lowest BCUT2D eigenvalue weighted by molar-refractivity contribution is -0.118. The Kier molecular flexibility index (Phi) is 2.52. The van der Waals surface area contributed by atoms with Crippen molar-refractivity contribution in [3.63, 3.8) is 0 Å². The summed E-state index contributed by atoms with van der Waals surface area (Å²) in [6, 6.07) is 0. The fraction of sp³-hybridized carbons (Fsp3) is 0.286. The Hall–Kier alpha value is -0.600. The van der Waals surface area contributed by atoms with Crippen LogP contribution in [0.4, 0.5) is 0 Å². The van der Waals surface area contributed by atoms with Crippen LogP contribution in [-0.4, -0.2) is 25.7 Å². The molecule has 0 saturated carbocycles. The van der Waals surface area contributed by atoms with Gasteiger partial charge in [-0.3, -0.25) is 9.10 Å². The van der Waals surface area contributed by atoms with Gasteiger partial charge in [-0.15, -0.1) is 0 Å². The molecule has 2 aliphatic rings. The Balaban J connectivity index is 2.53. The second-order valence-electron chi connectivity index (χ2n) is 2.99. The van der Waals surface area contributed by atoms with Crippen LogP contribution in [0.3, 0.4) is 0 Å². The largest absolute Gasteiger partial charge is 0.314 e. The molecule has 2 aliphatic heterocycles. The van der Waals surface area contributed by atoms with Gasteiger partial charge in [-0.05, 0) is 10.8 Å². The van der Waals surface area contributed by atoms with Crippen molar-refractivity contribution in [2.45, 2.75) is 6.92 Å². The topological polar surface area (TPSA) is 66.5 Å². The highest BCUT2D eigenvalue weighted by atomic mass is 33.1. The van der Waals surface area contributed by atoms with Crippen molar-refractivity contribution in [2.75, 3.05) is 7.05 Å². The molecule has 0 bridgehead atoms. The van der Waals surface area contributed by atoms with E-state index < -0.39 is 10.0 Å². The molecule has 0 radical (unpaired) electrons. The number of hydrogen-bond donors (Lipinski definition) is 1. The van der Waals surface area contributed by atoms with Crippen LogP contribution >= 0.6 is 21.6 Å². The van der Waals surface area contributed by atoms with Gasteiger partial charge < -0.3 is 5.32 Å². The minimum Gasteiger partial charge on any atom is -0.314 e. The Morgan fingerprint density at radius 1 is 1.53 bits per heavy atom. The third-order valence-electron chi connectivity index (χ3n) is 1.98. The molecule has 15 heavy (non-hydrogen) atoms. The second kappa shape index (κ2) is 3.46. The van der Waals surface area contributed by atoms with Gasteiger partial charge in [0.05, 0.1) is 10.6 Å². The van der Waals surface area contributed by atoms with E-state index in [1.165, 1.54) is 39.9 Å². The van der Waals surface area contributed by atoms with Crippen LogP contribution < -0.4 is 5.32 Å². The number of sulfonamides is 1. The van der Waals surface area contributed by atoms with Crippen LogP contribution in [-0.2, 0) is 14.8 Å². The van der Waals surface area contributed by atoms with Gasteiger partial charge in [0.15, 0.2) is 5.03 Å². The first-order valence-corrected chi connectivity index (χ1v) is 7.64. The molecule has 0 spiro atoms. The Bertz CT molecular complexity index is 492. The van der Waals surface area contributed by atoms with Crippen LogP contribution in [0.5, 0.6) is 0 Å². The number of nitrogens with one attached hydrogen (secondary N) is 1. The lowest BCUT2D eigenvalue weighted by Gasteiger charge is -2.12. The van der Waals surface area contributed by atoms with Gasteiger partial charge in [-0.1, -0.05) is 10.8 Å². The molecule has 0 aromatic carbocycles. The van der Waals surface area contributed by atoms with Crippen molar-refractivity contribution in [1.82, 2.24) is 9.62 Å². The Morgan fingerprint density at radius 3 is 2.80 bits per heavy atom. The zero-order valence-electron chi connectivity index (χ0n) is 7.97. The Morgan fingerprint density at radius 2 is 2.20 bits per heavy atom. The third-order valence-corrected chi connectivity index (χ3v) is 5.92. The van der Waals surface area contributed by atoms with Crippen LogP contribution in [0, 0.1) is 0 Å². The Labute approximate surface area is 95.4 Å². The summed E-state index contributed by atoms with van der Waals surface area (Å²) in [5.74, 6) is -0.381. The van der Waals surface area contributed by atoms with Gasteiger partial charge in [0.1, 0.15) is 0 Å². The van der Waals surface area contributed by atoms with Crippen molar-refractivity contribution in [1.29, 1.82) is 0 Å².